The predicted molar refractivity (Wildman–Crippen MR) is 118 cm³/mol. The minimum atomic E-state index is -4.24. The number of halogens is 5. The van der Waals surface area contributed by atoms with E-state index in [2.05, 4.69) is 0 Å². The number of aromatic nitrogens is 1. The van der Waals surface area contributed by atoms with Crippen LogP contribution in [0.3, 0.4) is 0 Å². The van der Waals surface area contributed by atoms with Gasteiger partial charge in [-0.3, -0.25) is 0 Å². The maximum absolute atomic E-state index is 16.1. The molecule has 0 aliphatic carbocycles. The quantitative estimate of drug-likeness (QED) is 0.358. The molecule has 2 aliphatic heterocycles. The Balaban J connectivity index is 2.29. The van der Waals surface area contributed by atoms with E-state index < -0.39 is 18.6 Å². The number of rotatable bonds is 3. The van der Waals surface area contributed by atoms with E-state index in [1.165, 1.54) is 0 Å². The molecule has 4 rings (SSSR count). The molecule has 0 atom stereocenters. The van der Waals surface area contributed by atoms with Crippen molar-refractivity contribution in [3.8, 4) is 0 Å². The van der Waals surface area contributed by atoms with Crippen molar-refractivity contribution < 1.29 is 21.9 Å². The van der Waals surface area contributed by atoms with Crippen molar-refractivity contribution in [2.45, 2.75) is 54.4 Å². The van der Waals surface area contributed by atoms with E-state index in [4.69, 9.17) is 11.6 Å². The summed E-state index contributed by atoms with van der Waals surface area (Å²) in [4.78, 5) is 0. The number of hydrogen-bond acceptors (Lipinski definition) is 0. The van der Waals surface area contributed by atoms with Gasteiger partial charge in [-0.2, -0.15) is 0 Å². The topological polar surface area (TPSA) is 7.94 Å². The average molecular weight is 451 g/mol. The lowest BCUT2D eigenvalue weighted by Crippen LogP contribution is -2.51. The van der Waals surface area contributed by atoms with Crippen LogP contribution in [0.5, 0.6) is 0 Å². The normalized spacial score (nSPS) is 17.6. The van der Waals surface area contributed by atoms with E-state index in [1.54, 1.807) is 27.7 Å². The van der Waals surface area contributed by atoms with Crippen LogP contribution >= 0.6 is 11.6 Å². The highest BCUT2D eigenvalue weighted by atomic mass is 35.5. The van der Waals surface area contributed by atoms with Gasteiger partial charge in [-0.15, -0.1) is 0 Å². The van der Waals surface area contributed by atoms with E-state index in [-0.39, 0.29) is 27.6 Å². The van der Waals surface area contributed by atoms with Gasteiger partial charge >= 0.3 is 6.97 Å². The van der Waals surface area contributed by atoms with Crippen molar-refractivity contribution in [1.29, 1.82) is 0 Å². The molecule has 1 aromatic heterocycles. The number of allylic oxidation sites excluding steroid dienone is 2. The SMILES string of the molecule is CCC1=C(C)C2=C(c3c(F)cc(Cl)cc3F)c3c(C)c(CC)c(C)n3[B-](F)(F)[N+]2=C1C. The van der Waals surface area contributed by atoms with Crippen molar-refractivity contribution in [2.75, 3.05) is 0 Å². The van der Waals surface area contributed by atoms with Crippen LogP contribution in [0.1, 0.15) is 62.2 Å². The molecule has 0 amide bonds. The van der Waals surface area contributed by atoms with Gasteiger partial charge in [0, 0.05) is 28.8 Å². The van der Waals surface area contributed by atoms with Crippen molar-refractivity contribution in [3.05, 3.63) is 73.7 Å². The van der Waals surface area contributed by atoms with Gasteiger partial charge in [-0.1, -0.05) is 25.4 Å². The van der Waals surface area contributed by atoms with E-state index in [1.807, 2.05) is 13.8 Å². The van der Waals surface area contributed by atoms with E-state index >= 15 is 17.4 Å². The zero-order valence-electron chi connectivity index (χ0n) is 18.4. The summed E-state index contributed by atoms with van der Waals surface area (Å²) in [6.45, 7) is 6.33. The second-order valence-electron chi connectivity index (χ2n) is 8.23. The predicted octanol–water partition coefficient (Wildman–Crippen LogP) is 6.81. The third kappa shape index (κ3) is 2.75. The fourth-order valence-electron chi connectivity index (χ4n) is 5.50. The third-order valence-electron chi connectivity index (χ3n) is 6.75. The summed E-state index contributed by atoms with van der Waals surface area (Å²) >= 11 is 5.86. The highest BCUT2D eigenvalue weighted by molar-refractivity contribution is 6.58. The Hall–Kier alpha value is -2.28. The lowest BCUT2D eigenvalue weighted by atomic mass is 9.83. The first-order valence-electron chi connectivity index (χ1n) is 10.4. The minimum absolute atomic E-state index is 0.0835. The molecule has 31 heavy (non-hydrogen) atoms. The van der Waals surface area contributed by atoms with Crippen molar-refractivity contribution in [3.63, 3.8) is 0 Å². The lowest BCUT2D eigenvalue weighted by molar-refractivity contribution is -0.363. The van der Waals surface area contributed by atoms with Crippen LogP contribution in [0.4, 0.5) is 17.4 Å². The lowest BCUT2D eigenvalue weighted by Gasteiger charge is -2.34. The molecule has 0 unspecified atom stereocenters. The highest BCUT2D eigenvalue weighted by Crippen LogP contribution is 2.48. The maximum atomic E-state index is 16.1. The summed E-state index contributed by atoms with van der Waals surface area (Å²) in [5.41, 5.74) is 3.78. The Morgan fingerprint density at radius 1 is 1.00 bits per heavy atom. The van der Waals surface area contributed by atoms with Crippen LogP contribution in [0.2, 0.25) is 5.02 Å². The summed E-state index contributed by atoms with van der Waals surface area (Å²) < 4.78 is 64.5. The minimum Gasteiger partial charge on any atom is -0.393 e. The van der Waals surface area contributed by atoms with Crippen molar-refractivity contribution >= 4 is 29.9 Å². The van der Waals surface area contributed by atoms with Gasteiger partial charge in [0.2, 0.25) is 0 Å². The molecule has 1 aromatic carbocycles. The third-order valence-corrected chi connectivity index (χ3v) is 6.97. The molecule has 0 radical (unpaired) electrons. The van der Waals surface area contributed by atoms with Crippen LogP contribution < -0.4 is 0 Å². The Labute approximate surface area is 184 Å². The van der Waals surface area contributed by atoms with Crippen molar-refractivity contribution in [2.24, 2.45) is 0 Å². The monoisotopic (exact) mass is 450 g/mol. The molecule has 164 valence electrons. The molecule has 0 spiro atoms. The Bertz CT molecular complexity index is 1230. The van der Waals surface area contributed by atoms with E-state index in [0.29, 0.717) is 35.4 Å². The van der Waals surface area contributed by atoms with Gasteiger partial charge < -0.3 is 17.6 Å². The van der Waals surface area contributed by atoms with Crippen LogP contribution in [0.15, 0.2) is 29.0 Å². The summed E-state index contributed by atoms with van der Waals surface area (Å²) in [6.07, 6.45) is 1.07. The zero-order valence-corrected chi connectivity index (χ0v) is 19.2. The van der Waals surface area contributed by atoms with Gasteiger partial charge in [-0.25, -0.2) is 8.78 Å². The van der Waals surface area contributed by atoms with Gasteiger partial charge in [0.05, 0.1) is 11.1 Å². The first-order chi connectivity index (χ1) is 14.5. The molecule has 0 fully saturated rings. The molecule has 3 heterocycles. The number of fused-ring (bicyclic) bond motifs is 2. The molecule has 2 aromatic rings. The number of hydrogen-bond donors (Lipinski definition) is 0. The molecule has 0 N–H and O–H groups in total. The summed E-state index contributed by atoms with van der Waals surface area (Å²) in [5, 5.41) is -0.0835. The molecule has 0 saturated carbocycles. The Kier molecular flexibility index (Phi) is 5.04. The fraction of sp³-hybridized carbons (Fsp3) is 0.348. The van der Waals surface area contributed by atoms with Crippen molar-refractivity contribution in [1.82, 2.24) is 4.48 Å². The molecule has 0 saturated heterocycles. The molecular weight excluding hydrogens is 427 g/mol. The smallest absolute Gasteiger partial charge is 0.393 e. The molecule has 8 heteroatoms. The van der Waals surface area contributed by atoms with Gasteiger partial charge in [0.15, 0.2) is 5.70 Å². The van der Waals surface area contributed by atoms with Crippen LogP contribution in [0, 0.1) is 25.5 Å². The summed E-state index contributed by atoms with van der Waals surface area (Å²) in [7, 11) is 0. The van der Waals surface area contributed by atoms with Gasteiger partial charge in [0.25, 0.3) is 0 Å². The van der Waals surface area contributed by atoms with Gasteiger partial charge in [-0.05, 0) is 62.6 Å². The van der Waals surface area contributed by atoms with Crippen LogP contribution in [-0.2, 0) is 6.42 Å². The Morgan fingerprint density at radius 2 is 1.58 bits per heavy atom. The largest absolute Gasteiger partial charge is 0.737 e. The summed E-state index contributed by atoms with van der Waals surface area (Å²) in [6, 6.07) is 2.05. The van der Waals surface area contributed by atoms with Gasteiger partial charge in [0.1, 0.15) is 17.3 Å². The maximum Gasteiger partial charge on any atom is 0.737 e. The molecule has 0 bridgehead atoms. The molecule has 2 nitrogen and oxygen atoms in total. The Morgan fingerprint density at radius 3 is 2.10 bits per heavy atom. The van der Waals surface area contributed by atoms with Crippen LogP contribution in [0.25, 0.3) is 5.57 Å². The summed E-state index contributed by atoms with van der Waals surface area (Å²) in [5.74, 6) is -1.74. The molecule has 2 aliphatic rings. The number of benzene rings is 1. The highest BCUT2D eigenvalue weighted by Gasteiger charge is 2.57. The molecular formula is C23H24BClF4N2. The first kappa shape index (κ1) is 21.9. The number of nitrogens with zero attached hydrogens (tertiary/aromatic N) is 2. The van der Waals surface area contributed by atoms with E-state index in [0.717, 1.165) is 32.2 Å². The fourth-order valence-corrected chi connectivity index (χ4v) is 5.69. The van der Waals surface area contributed by atoms with E-state index in [9.17, 15) is 0 Å². The zero-order chi connectivity index (χ0) is 23.0. The average Bonchev–Trinajstić information content (AvgIpc) is 3.08. The first-order valence-corrected chi connectivity index (χ1v) is 10.8. The second kappa shape index (κ2) is 7.12. The van der Waals surface area contributed by atoms with Crippen LogP contribution in [-0.4, -0.2) is 21.6 Å². The second-order valence-corrected chi connectivity index (χ2v) is 8.67. The standard InChI is InChI=1S/C23H24BClF4N2/c1-7-16-11(3)22-21(20-18(26)9-15(25)10-19(20)27)23-12(4)17(8-2)14(6)31(23)24(28,29)30(22)13(16)5/h9-10H,7-8H2,1-6H3.